The molecule has 0 N–H and O–H groups in total. The van der Waals surface area contributed by atoms with Crippen molar-refractivity contribution < 1.29 is 4.79 Å². The van der Waals surface area contributed by atoms with Gasteiger partial charge in [-0.25, -0.2) is 4.98 Å². The summed E-state index contributed by atoms with van der Waals surface area (Å²) < 4.78 is 2.12. The first-order valence-electron chi connectivity index (χ1n) is 9.06. The molecule has 26 heavy (non-hydrogen) atoms. The van der Waals surface area contributed by atoms with Gasteiger partial charge in [0.05, 0.1) is 17.4 Å². The molecule has 2 aromatic carbocycles. The normalized spacial score (nSPS) is 17.3. The van der Waals surface area contributed by atoms with Crippen LogP contribution in [0.5, 0.6) is 0 Å². The number of likely N-dealkylation sites (N-methyl/N-ethyl adjacent to an activating group) is 1. The van der Waals surface area contributed by atoms with Crippen molar-refractivity contribution in [2.24, 2.45) is 0 Å². The molecule has 2 heterocycles. The van der Waals surface area contributed by atoms with Gasteiger partial charge < -0.3 is 14.4 Å². The van der Waals surface area contributed by atoms with Crippen molar-refractivity contribution in [3.63, 3.8) is 0 Å². The Labute approximate surface area is 153 Å². The minimum absolute atomic E-state index is 0.131. The van der Waals surface area contributed by atoms with Crippen LogP contribution in [-0.2, 0) is 6.54 Å². The second-order valence-corrected chi connectivity index (χ2v) is 7.22. The molecule has 1 aromatic heterocycles. The Hall–Kier alpha value is -2.66. The van der Waals surface area contributed by atoms with Gasteiger partial charge in [-0.1, -0.05) is 24.3 Å². The lowest BCUT2D eigenvalue weighted by Gasteiger charge is -2.20. The molecular formula is C21H24N4O. The van der Waals surface area contributed by atoms with Crippen LogP contribution >= 0.6 is 0 Å². The van der Waals surface area contributed by atoms with Crippen LogP contribution in [0, 0.1) is 0 Å². The van der Waals surface area contributed by atoms with E-state index in [2.05, 4.69) is 40.7 Å². The predicted octanol–water partition coefficient (Wildman–Crippen LogP) is 2.86. The van der Waals surface area contributed by atoms with E-state index < -0.39 is 0 Å². The van der Waals surface area contributed by atoms with E-state index in [1.54, 1.807) is 0 Å². The van der Waals surface area contributed by atoms with Crippen LogP contribution in [0.1, 0.15) is 22.3 Å². The van der Waals surface area contributed by atoms with Crippen molar-refractivity contribution in [3.8, 4) is 0 Å². The van der Waals surface area contributed by atoms with Crippen LogP contribution < -0.4 is 0 Å². The molecule has 3 aromatic rings. The van der Waals surface area contributed by atoms with E-state index in [-0.39, 0.29) is 5.91 Å². The lowest BCUT2D eigenvalue weighted by Crippen LogP contribution is -2.34. The predicted molar refractivity (Wildman–Crippen MR) is 103 cm³/mol. The maximum Gasteiger partial charge on any atom is 0.253 e. The number of carbonyl (C=O) groups is 1. The van der Waals surface area contributed by atoms with Crippen LogP contribution in [0.4, 0.5) is 0 Å². The molecule has 1 unspecified atom stereocenters. The van der Waals surface area contributed by atoms with Crippen molar-refractivity contribution in [3.05, 3.63) is 66.0 Å². The Kier molecular flexibility index (Phi) is 4.47. The third-order valence-electron chi connectivity index (χ3n) is 5.24. The molecule has 1 aliphatic heterocycles. The molecule has 5 nitrogen and oxygen atoms in total. The number of carbonyl (C=O) groups excluding carboxylic acids is 1. The molecular weight excluding hydrogens is 324 g/mol. The fraction of sp³-hybridized carbons (Fsp3) is 0.333. The van der Waals surface area contributed by atoms with Gasteiger partial charge in [-0.05, 0) is 50.3 Å². The van der Waals surface area contributed by atoms with Crippen molar-refractivity contribution in [1.29, 1.82) is 0 Å². The number of imidazole rings is 1. The SMILES string of the molecule is CN(C)C1CCN(C(=O)c2cccc(Cn3cnc4ccccc43)c2)C1. The largest absolute Gasteiger partial charge is 0.337 e. The Morgan fingerprint density at radius 2 is 2.04 bits per heavy atom. The van der Waals surface area contributed by atoms with Crippen LogP contribution in [-0.4, -0.2) is 58.5 Å². The standard InChI is InChI=1S/C21H24N4O/c1-23(2)18-10-11-24(14-18)21(26)17-7-5-6-16(12-17)13-25-15-22-19-8-3-4-9-20(19)25/h3-9,12,15,18H,10-11,13-14H2,1-2H3. The Morgan fingerprint density at radius 3 is 2.85 bits per heavy atom. The van der Waals surface area contributed by atoms with E-state index in [1.807, 2.05) is 47.6 Å². The Morgan fingerprint density at radius 1 is 1.19 bits per heavy atom. The first kappa shape index (κ1) is 16.8. The summed E-state index contributed by atoms with van der Waals surface area (Å²) in [5.74, 6) is 0.131. The number of aromatic nitrogens is 2. The van der Waals surface area contributed by atoms with E-state index in [0.717, 1.165) is 41.7 Å². The van der Waals surface area contributed by atoms with Crippen LogP contribution in [0.3, 0.4) is 0 Å². The van der Waals surface area contributed by atoms with Crippen molar-refractivity contribution in [1.82, 2.24) is 19.4 Å². The van der Waals surface area contributed by atoms with E-state index in [4.69, 9.17) is 0 Å². The highest BCUT2D eigenvalue weighted by molar-refractivity contribution is 5.94. The molecule has 0 bridgehead atoms. The minimum Gasteiger partial charge on any atom is -0.337 e. The summed E-state index contributed by atoms with van der Waals surface area (Å²) in [6.45, 7) is 2.35. The molecule has 1 fully saturated rings. The first-order valence-corrected chi connectivity index (χ1v) is 9.06. The molecule has 0 saturated carbocycles. The molecule has 1 aliphatic rings. The number of hydrogen-bond donors (Lipinski definition) is 0. The number of likely N-dealkylation sites (tertiary alicyclic amines) is 1. The van der Waals surface area contributed by atoms with Gasteiger partial charge in [-0.2, -0.15) is 0 Å². The van der Waals surface area contributed by atoms with Crippen LogP contribution in [0.15, 0.2) is 54.9 Å². The molecule has 134 valence electrons. The highest BCUT2D eigenvalue weighted by Crippen LogP contribution is 2.19. The number of hydrogen-bond acceptors (Lipinski definition) is 3. The minimum atomic E-state index is 0.131. The smallest absolute Gasteiger partial charge is 0.253 e. The Bertz CT molecular complexity index is 930. The van der Waals surface area contributed by atoms with Crippen LogP contribution in [0.2, 0.25) is 0 Å². The van der Waals surface area contributed by atoms with Gasteiger partial charge in [0.25, 0.3) is 5.91 Å². The van der Waals surface area contributed by atoms with Crippen molar-refractivity contribution in [2.75, 3.05) is 27.2 Å². The number of amides is 1. The van der Waals surface area contributed by atoms with E-state index in [0.29, 0.717) is 12.6 Å². The number of fused-ring (bicyclic) bond motifs is 1. The summed E-state index contributed by atoms with van der Waals surface area (Å²) in [7, 11) is 4.16. The van der Waals surface area contributed by atoms with Crippen LogP contribution in [0.25, 0.3) is 11.0 Å². The average Bonchev–Trinajstić information content (AvgIpc) is 3.29. The number of benzene rings is 2. The zero-order valence-corrected chi connectivity index (χ0v) is 15.3. The quantitative estimate of drug-likeness (QED) is 0.728. The van der Waals surface area contributed by atoms with Gasteiger partial charge >= 0.3 is 0 Å². The van der Waals surface area contributed by atoms with E-state index in [9.17, 15) is 4.79 Å². The summed E-state index contributed by atoms with van der Waals surface area (Å²) >= 11 is 0. The lowest BCUT2D eigenvalue weighted by atomic mass is 10.1. The highest BCUT2D eigenvalue weighted by Gasteiger charge is 2.28. The monoisotopic (exact) mass is 348 g/mol. The maximum absolute atomic E-state index is 12.9. The maximum atomic E-state index is 12.9. The number of nitrogens with zero attached hydrogens (tertiary/aromatic N) is 4. The third-order valence-corrected chi connectivity index (χ3v) is 5.24. The lowest BCUT2D eigenvalue weighted by molar-refractivity contribution is 0.0783. The second-order valence-electron chi connectivity index (χ2n) is 7.22. The first-order chi connectivity index (χ1) is 12.6. The average molecular weight is 348 g/mol. The van der Waals surface area contributed by atoms with Gasteiger partial charge in [0.15, 0.2) is 0 Å². The zero-order chi connectivity index (χ0) is 18.1. The number of para-hydroxylation sites is 2. The zero-order valence-electron chi connectivity index (χ0n) is 15.3. The molecule has 0 spiro atoms. The third kappa shape index (κ3) is 3.22. The van der Waals surface area contributed by atoms with E-state index >= 15 is 0 Å². The molecule has 4 rings (SSSR count). The summed E-state index contributed by atoms with van der Waals surface area (Å²) in [6.07, 6.45) is 2.90. The molecule has 0 radical (unpaired) electrons. The van der Waals surface area contributed by atoms with Crippen molar-refractivity contribution in [2.45, 2.75) is 19.0 Å². The molecule has 1 amide bonds. The van der Waals surface area contributed by atoms with Gasteiger partial charge in [0.1, 0.15) is 0 Å². The van der Waals surface area contributed by atoms with Crippen molar-refractivity contribution >= 4 is 16.9 Å². The molecule has 0 aliphatic carbocycles. The Balaban J connectivity index is 1.52. The fourth-order valence-electron chi connectivity index (χ4n) is 3.67. The van der Waals surface area contributed by atoms with Gasteiger partial charge in [0, 0.05) is 31.2 Å². The molecule has 1 saturated heterocycles. The summed E-state index contributed by atoms with van der Waals surface area (Å²) in [5.41, 5.74) is 3.98. The summed E-state index contributed by atoms with van der Waals surface area (Å²) in [4.78, 5) is 21.5. The second kappa shape index (κ2) is 6.92. The summed E-state index contributed by atoms with van der Waals surface area (Å²) in [5, 5.41) is 0. The fourth-order valence-corrected chi connectivity index (χ4v) is 3.67. The summed E-state index contributed by atoms with van der Waals surface area (Å²) in [6, 6.07) is 16.5. The molecule has 5 heteroatoms. The number of rotatable bonds is 4. The highest BCUT2D eigenvalue weighted by atomic mass is 16.2. The van der Waals surface area contributed by atoms with Gasteiger partial charge in [-0.15, -0.1) is 0 Å². The van der Waals surface area contributed by atoms with Gasteiger partial charge in [0.2, 0.25) is 0 Å². The topological polar surface area (TPSA) is 41.4 Å². The van der Waals surface area contributed by atoms with Gasteiger partial charge in [-0.3, -0.25) is 4.79 Å². The van der Waals surface area contributed by atoms with E-state index in [1.165, 1.54) is 0 Å². The molecule has 1 atom stereocenters.